The fourth-order valence-electron chi connectivity index (χ4n) is 1.10. The van der Waals surface area contributed by atoms with Gasteiger partial charge in [0.15, 0.2) is 0 Å². The molecule has 0 heterocycles. The van der Waals surface area contributed by atoms with Crippen molar-refractivity contribution in [3.8, 4) is 6.07 Å². The summed E-state index contributed by atoms with van der Waals surface area (Å²) in [6.07, 6.45) is 0. The van der Waals surface area contributed by atoms with Gasteiger partial charge in [0.2, 0.25) is 10.0 Å². The monoisotopic (exact) mass is 308 g/mol. The number of carboxylic acids is 1. The van der Waals surface area contributed by atoms with Crippen LogP contribution in [0.25, 0.3) is 0 Å². The molecule has 0 aliphatic carbocycles. The Balaban J connectivity index is 3.38. The number of hydrogen-bond acceptors (Lipinski definition) is 4. The number of rotatable bonds is 4. The summed E-state index contributed by atoms with van der Waals surface area (Å²) in [5.74, 6) is -1.38. The van der Waals surface area contributed by atoms with E-state index in [2.05, 4.69) is 0 Å². The Hall–Kier alpha value is -1.33. The zero-order valence-corrected chi connectivity index (χ0v) is 11.0. The van der Waals surface area contributed by atoms with E-state index in [0.29, 0.717) is 0 Å². The maximum Gasteiger partial charge on any atom is 0.337 e. The molecule has 0 saturated heterocycles. The second-order valence-corrected chi connectivity index (χ2v) is 5.60. The van der Waals surface area contributed by atoms with Crippen molar-refractivity contribution < 1.29 is 18.3 Å². The van der Waals surface area contributed by atoms with Crippen LogP contribution < -0.4 is 4.72 Å². The first-order chi connectivity index (χ1) is 8.29. The highest BCUT2D eigenvalue weighted by Crippen LogP contribution is 2.28. The van der Waals surface area contributed by atoms with Gasteiger partial charge in [-0.15, -0.1) is 0 Å². The molecule has 0 fully saturated rings. The van der Waals surface area contributed by atoms with Crippen LogP contribution >= 0.6 is 23.2 Å². The summed E-state index contributed by atoms with van der Waals surface area (Å²) in [7, 11) is -4.05. The van der Waals surface area contributed by atoms with Gasteiger partial charge in [-0.3, -0.25) is 0 Å². The number of halogens is 2. The third-order valence-electron chi connectivity index (χ3n) is 1.88. The molecule has 0 aliphatic rings. The number of sulfonamides is 1. The van der Waals surface area contributed by atoms with Crippen LogP contribution in [0.5, 0.6) is 0 Å². The first-order valence-corrected chi connectivity index (χ1v) is 6.62. The highest BCUT2D eigenvalue weighted by molar-refractivity contribution is 7.89. The lowest BCUT2D eigenvalue weighted by Gasteiger charge is -2.08. The molecular weight excluding hydrogens is 303 g/mol. The fraction of sp³-hybridized carbons (Fsp3) is 0.111. The summed E-state index contributed by atoms with van der Waals surface area (Å²) in [5, 5.41) is 16.7. The second-order valence-electron chi connectivity index (χ2n) is 3.05. The predicted molar refractivity (Wildman–Crippen MR) is 64.2 cm³/mol. The van der Waals surface area contributed by atoms with Crippen molar-refractivity contribution in [2.24, 2.45) is 0 Å². The molecule has 1 aromatic rings. The molecule has 1 aromatic carbocycles. The van der Waals surface area contributed by atoms with Gasteiger partial charge in [0, 0.05) is 0 Å². The summed E-state index contributed by atoms with van der Waals surface area (Å²) in [5.41, 5.74) is -0.390. The zero-order chi connectivity index (χ0) is 13.9. The van der Waals surface area contributed by atoms with Crippen LogP contribution in [0.2, 0.25) is 10.0 Å². The molecular formula is C9H6Cl2N2O4S. The predicted octanol–water partition coefficient (Wildman–Crippen LogP) is 1.49. The Morgan fingerprint density at radius 3 is 2.50 bits per heavy atom. The van der Waals surface area contributed by atoms with E-state index in [0.717, 1.165) is 12.1 Å². The minimum atomic E-state index is -4.05. The highest BCUT2D eigenvalue weighted by atomic mass is 35.5. The van der Waals surface area contributed by atoms with Crippen LogP contribution in [-0.4, -0.2) is 26.0 Å². The molecule has 0 saturated carbocycles. The number of aromatic carboxylic acids is 1. The maximum atomic E-state index is 11.7. The van der Waals surface area contributed by atoms with Gasteiger partial charge in [0.05, 0.1) is 28.2 Å². The number of nitriles is 1. The topological polar surface area (TPSA) is 107 Å². The van der Waals surface area contributed by atoms with Gasteiger partial charge in [0.1, 0.15) is 4.90 Å². The van der Waals surface area contributed by atoms with E-state index < -0.39 is 33.0 Å². The van der Waals surface area contributed by atoms with Crippen molar-refractivity contribution in [3.05, 3.63) is 27.7 Å². The summed E-state index contributed by atoms with van der Waals surface area (Å²) in [4.78, 5) is 10.4. The highest BCUT2D eigenvalue weighted by Gasteiger charge is 2.21. The third-order valence-corrected chi connectivity index (χ3v) is 4.06. The maximum absolute atomic E-state index is 11.7. The number of nitrogens with zero attached hydrogens (tertiary/aromatic N) is 1. The van der Waals surface area contributed by atoms with Crippen molar-refractivity contribution in [1.29, 1.82) is 5.26 Å². The van der Waals surface area contributed by atoms with Crippen molar-refractivity contribution in [3.63, 3.8) is 0 Å². The van der Waals surface area contributed by atoms with Crippen LogP contribution in [0, 0.1) is 11.3 Å². The largest absolute Gasteiger partial charge is 0.478 e. The molecule has 0 amide bonds. The fourth-order valence-corrected chi connectivity index (χ4v) is 2.87. The molecule has 0 spiro atoms. The van der Waals surface area contributed by atoms with Gasteiger partial charge in [-0.2, -0.15) is 9.98 Å². The van der Waals surface area contributed by atoms with E-state index >= 15 is 0 Å². The van der Waals surface area contributed by atoms with E-state index in [-0.39, 0.29) is 10.0 Å². The van der Waals surface area contributed by atoms with E-state index in [4.69, 9.17) is 33.6 Å². The van der Waals surface area contributed by atoms with Crippen molar-refractivity contribution in [2.75, 3.05) is 6.54 Å². The molecule has 6 nitrogen and oxygen atoms in total. The first kappa shape index (κ1) is 14.7. The van der Waals surface area contributed by atoms with Crippen LogP contribution in [0.3, 0.4) is 0 Å². The molecule has 1 rings (SSSR count). The molecule has 0 unspecified atom stereocenters. The molecule has 9 heteroatoms. The molecule has 96 valence electrons. The lowest BCUT2D eigenvalue weighted by Crippen LogP contribution is -2.24. The number of carboxylic acid groups (broad SMARTS) is 1. The number of carbonyl (C=O) groups is 1. The van der Waals surface area contributed by atoms with Crippen molar-refractivity contribution >= 4 is 39.2 Å². The number of nitrogens with one attached hydrogen (secondary N) is 1. The van der Waals surface area contributed by atoms with E-state index in [1.807, 2.05) is 4.72 Å². The van der Waals surface area contributed by atoms with E-state index in [9.17, 15) is 13.2 Å². The van der Waals surface area contributed by atoms with Gasteiger partial charge in [-0.1, -0.05) is 23.2 Å². The smallest absolute Gasteiger partial charge is 0.337 e. The third kappa shape index (κ3) is 3.11. The summed E-state index contributed by atoms with van der Waals surface area (Å²) in [6.45, 7) is -0.455. The Labute approximate surface area is 113 Å². The average Bonchev–Trinajstić information content (AvgIpc) is 2.25. The summed E-state index contributed by atoms with van der Waals surface area (Å²) >= 11 is 11.3. The van der Waals surface area contributed by atoms with Crippen LogP contribution in [0.4, 0.5) is 0 Å². The van der Waals surface area contributed by atoms with Crippen LogP contribution in [0.1, 0.15) is 10.4 Å². The minimum Gasteiger partial charge on any atom is -0.478 e. The zero-order valence-electron chi connectivity index (χ0n) is 8.65. The van der Waals surface area contributed by atoms with Crippen molar-refractivity contribution in [1.82, 2.24) is 4.72 Å². The lowest BCUT2D eigenvalue weighted by molar-refractivity contribution is 0.0697. The van der Waals surface area contributed by atoms with Gasteiger partial charge >= 0.3 is 5.97 Å². The Morgan fingerprint density at radius 1 is 1.39 bits per heavy atom. The van der Waals surface area contributed by atoms with Crippen LogP contribution in [0.15, 0.2) is 17.0 Å². The molecule has 0 bridgehead atoms. The number of benzene rings is 1. The number of hydrogen-bond donors (Lipinski definition) is 2. The lowest BCUT2D eigenvalue weighted by atomic mass is 10.2. The first-order valence-electron chi connectivity index (χ1n) is 4.38. The van der Waals surface area contributed by atoms with Gasteiger partial charge < -0.3 is 5.11 Å². The summed E-state index contributed by atoms with van der Waals surface area (Å²) in [6, 6.07) is 3.45. The summed E-state index contributed by atoms with van der Waals surface area (Å²) < 4.78 is 25.4. The second kappa shape index (κ2) is 5.54. The Bertz CT molecular complexity index is 637. The minimum absolute atomic E-state index is 0.174. The molecule has 0 aliphatic heterocycles. The van der Waals surface area contributed by atoms with E-state index in [1.54, 1.807) is 6.07 Å². The molecule has 0 atom stereocenters. The normalized spacial score (nSPS) is 10.9. The molecule has 0 aromatic heterocycles. The van der Waals surface area contributed by atoms with Gasteiger partial charge in [-0.05, 0) is 12.1 Å². The van der Waals surface area contributed by atoms with E-state index in [1.165, 1.54) is 0 Å². The molecule has 0 radical (unpaired) electrons. The Morgan fingerprint density at radius 2 is 2.00 bits per heavy atom. The average molecular weight is 309 g/mol. The van der Waals surface area contributed by atoms with Gasteiger partial charge in [0.25, 0.3) is 0 Å². The quantitative estimate of drug-likeness (QED) is 0.819. The standard InChI is InChI=1S/C9H6Cl2N2O4S/c10-6-4-7(11)8(3-5(6)9(14)15)18(16,17)13-2-1-12/h3-4,13H,2H2,(H,14,15). The SMILES string of the molecule is N#CCNS(=O)(=O)c1cc(C(=O)O)c(Cl)cc1Cl. The van der Waals surface area contributed by atoms with Gasteiger partial charge in [-0.25, -0.2) is 13.2 Å². The molecule has 18 heavy (non-hydrogen) atoms. The van der Waals surface area contributed by atoms with Crippen molar-refractivity contribution in [2.45, 2.75) is 4.90 Å². The molecule has 2 N–H and O–H groups in total. The Kier molecular flexibility index (Phi) is 4.53. The van der Waals surface area contributed by atoms with Crippen LogP contribution in [-0.2, 0) is 10.0 Å².